The highest BCUT2D eigenvalue weighted by atomic mass is 79.9. The Balaban J connectivity index is 2.41. The van der Waals surface area contributed by atoms with Crippen molar-refractivity contribution in [3.63, 3.8) is 0 Å². The Hall–Kier alpha value is -0.640. The number of rotatable bonds is 2. The molecular weight excluding hydrogens is 270 g/mol. The third-order valence-electron chi connectivity index (χ3n) is 2.48. The summed E-state index contributed by atoms with van der Waals surface area (Å²) in [5.74, 6) is 0. The third kappa shape index (κ3) is 2.30. The number of halogens is 1. The van der Waals surface area contributed by atoms with E-state index in [1.165, 1.54) is 16.7 Å². The lowest BCUT2D eigenvalue weighted by Crippen LogP contribution is -2.12. The van der Waals surface area contributed by atoms with E-state index >= 15 is 0 Å². The summed E-state index contributed by atoms with van der Waals surface area (Å²) in [7, 11) is 0. The van der Waals surface area contributed by atoms with E-state index in [9.17, 15) is 0 Å². The maximum absolute atomic E-state index is 6.22. The average Bonchev–Trinajstić information content (AvgIpc) is 2.74. The Bertz CT molecular complexity index is 451. The van der Waals surface area contributed by atoms with Gasteiger partial charge in [0.1, 0.15) is 0 Å². The van der Waals surface area contributed by atoms with Crippen LogP contribution in [0.15, 0.2) is 39.5 Å². The van der Waals surface area contributed by atoms with Crippen molar-refractivity contribution in [1.82, 2.24) is 0 Å². The van der Waals surface area contributed by atoms with Crippen LogP contribution in [0, 0.1) is 6.92 Å². The molecule has 1 aromatic carbocycles. The molecule has 0 aliphatic heterocycles. The molecule has 3 heteroatoms. The van der Waals surface area contributed by atoms with Crippen molar-refractivity contribution in [2.75, 3.05) is 0 Å². The van der Waals surface area contributed by atoms with Crippen molar-refractivity contribution in [2.45, 2.75) is 13.0 Å². The molecule has 1 heterocycles. The van der Waals surface area contributed by atoms with Gasteiger partial charge in [-0.15, -0.1) is 0 Å². The molecule has 78 valence electrons. The van der Waals surface area contributed by atoms with Crippen LogP contribution in [-0.4, -0.2) is 0 Å². The predicted molar refractivity (Wildman–Crippen MR) is 69.2 cm³/mol. The zero-order valence-electron chi connectivity index (χ0n) is 8.41. The first-order chi connectivity index (χ1) is 7.18. The Kier molecular flexibility index (Phi) is 3.24. The van der Waals surface area contributed by atoms with Crippen LogP contribution in [-0.2, 0) is 0 Å². The van der Waals surface area contributed by atoms with Crippen LogP contribution in [0.1, 0.15) is 22.7 Å². The van der Waals surface area contributed by atoms with Crippen LogP contribution in [0.3, 0.4) is 0 Å². The summed E-state index contributed by atoms with van der Waals surface area (Å²) in [6.45, 7) is 2.09. The van der Waals surface area contributed by atoms with Crippen LogP contribution in [0.5, 0.6) is 0 Å². The lowest BCUT2D eigenvalue weighted by Gasteiger charge is -2.13. The number of aryl methyl sites for hydroxylation is 1. The van der Waals surface area contributed by atoms with Crippen LogP contribution < -0.4 is 5.73 Å². The van der Waals surface area contributed by atoms with Gasteiger partial charge in [0, 0.05) is 4.47 Å². The molecular formula is C12H12BrNS. The predicted octanol–water partition coefficient (Wildman–Crippen LogP) is 3.87. The van der Waals surface area contributed by atoms with Crippen LogP contribution >= 0.6 is 27.3 Å². The normalized spacial score (nSPS) is 12.7. The summed E-state index contributed by atoms with van der Waals surface area (Å²) >= 11 is 5.16. The van der Waals surface area contributed by atoms with E-state index in [2.05, 4.69) is 51.8 Å². The molecule has 2 N–H and O–H groups in total. The van der Waals surface area contributed by atoms with E-state index in [1.807, 2.05) is 6.07 Å². The lowest BCUT2D eigenvalue weighted by atomic mass is 9.98. The summed E-state index contributed by atoms with van der Waals surface area (Å²) < 4.78 is 1.08. The minimum absolute atomic E-state index is 0.0197. The Labute approximate surface area is 102 Å². The molecule has 0 radical (unpaired) electrons. The molecule has 0 bridgehead atoms. The fraction of sp³-hybridized carbons (Fsp3) is 0.167. The minimum Gasteiger partial charge on any atom is -0.320 e. The molecule has 1 aromatic heterocycles. The van der Waals surface area contributed by atoms with Crippen LogP contribution in [0.4, 0.5) is 0 Å². The highest BCUT2D eigenvalue weighted by molar-refractivity contribution is 9.10. The molecule has 0 aliphatic rings. The molecule has 0 amide bonds. The lowest BCUT2D eigenvalue weighted by molar-refractivity contribution is 0.865. The van der Waals surface area contributed by atoms with Gasteiger partial charge in [-0.2, -0.15) is 11.3 Å². The van der Waals surface area contributed by atoms with Gasteiger partial charge in [-0.3, -0.25) is 0 Å². The van der Waals surface area contributed by atoms with E-state index in [4.69, 9.17) is 5.73 Å². The first kappa shape index (κ1) is 10.9. The van der Waals surface area contributed by atoms with Crippen molar-refractivity contribution in [3.05, 3.63) is 56.2 Å². The van der Waals surface area contributed by atoms with Crippen molar-refractivity contribution in [1.29, 1.82) is 0 Å². The molecule has 15 heavy (non-hydrogen) atoms. The standard InChI is InChI=1S/C12H12BrNS/c1-8-2-3-10(13)6-11(8)12(14)9-4-5-15-7-9/h2-7,12H,14H2,1H3. The maximum atomic E-state index is 6.22. The molecule has 0 saturated heterocycles. The van der Waals surface area contributed by atoms with E-state index in [0.717, 1.165) is 4.47 Å². The van der Waals surface area contributed by atoms with Crippen molar-refractivity contribution < 1.29 is 0 Å². The molecule has 1 unspecified atom stereocenters. The monoisotopic (exact) mass is 281 g/mol. The van der Waals surface area contributed by atoms with E-state index < -0.39 is 0 Å². The summed E-state index contributed by atoms with van der Waals surface area (Å²) in [6.07, 6.45) is 0. The van der Waals surface area contributed by atoms with Gasteiger partial charge in [-0.25, -0.2) is 0 Å². The van der Waals surface area contributed by atoms with Crippen molar-refractivity contribution in [3.8, 4) is 0 Å². The third-order valence-corrected chi connectivity index (χ3v) is 3.67. The smallest absolute Gasteiger partial charge is 0.0562 e. The van der Waals surface area contributed by atoms with Crippen LogP contribution in [0.2, 0.25) is 0 Å². The molecule has 1 nitrogen and oxygen atoms in total. The minimum atomic E-state index is -0.0197. The number of hydrogen-bond acceptors (Lipinski definition) is 2. The number of benzene rings is 1. The zero-order chi connectivity index (χ0) is 10.8. The highest BCUT2D eigenvalue weighted by Crippen LogP contribution is 2.26. The molecule has 2 aromatic rings. The van der Waals surface area contributed by atoms with Crippen molar-refractivity contribution in [2.24, 2.45) is 5.73 Å². The number of hydrogen-bond donors (Lipinski definition) is 1. The average molecular weight is 282 g/mol. The molecule has 0 aliphatic carbocycles. The topological polar surface area (TPSA) is 26.0 Å². The molecule has 2 rings (SSSR count). The van der Waals surface area contributed by atoms with Gasteiger partial charge < -0.3 is 5.73 Å². The van der Waals surface area contributed by atoms with Crippen LogP contribution in [0.25, 0.3) is 0 Å². The second-order valence-electron chi connectivity index (χ2n) is 3.54. The van der Waals surface area contributed by atoms with Gasteiger partial charge in [-0.1, -0.05) is 22.0 Å². The second kappa shape index (κ2) is 4.47. The molecule has 0 saturated carbocycles. The Morgan fingerprint density at radius 2 is 2.13 bits per heavy atom. The Morgan fingerprint density at radius 3 is 2.80 bits per heavy atom. The van der Waals surface area contributed by atoms with E-state index in [-0.39, 0.29) is 6.04 Å². The molecule has 1 atom stereocenters. The number of thiophene rings is 1. The molecule has 0 spiro atoms. The summed E-state index contributed by atoms with van der Waals surface area (Å²) in [5, 5.41) is 4.16. The fourth-order valence-corrected chi connectivity index (χ4v) is 2.65. The first-order valence-electron chi connectivity index (χ1n) is 4.72. The largest absolute Gasteiger partial charge is 0.320 e. The SMILES string of the molecule is Cc1ccc(Br)cc1C(N)c1ccsc1. The van der Waals surface area contributed by atoms with Gasteiger partial charge in [-0.05, 0) is 52.6 Å². The van der Waals surface area contributed by atoms with E-state index in [1.54, 1.807) is 11.3 Å². The zero-order valence-corrected chi connectivity index (χ0v) is 10.8. The highest BCUT2D eigenvalue weighted by Gasteiger charge is 2.11. The van der Waals surface area contributed by atoms with Gasteiger partial charge in [0.05, 0.1) is 6.04 Å². The van der Waals surface area contributed by atoms with E-state index in [0.29, 0.717) is 0 Å². The Morgan fingerprint density at radius 1 is 1.33 bits per heavy atom. The van der Waals surface area contributed by atoms with Crippen molar-refractivity contribution >= 4 is 27.3 Å². The van der Waals surface area contributed by atoms with Gasteiger partial charge in [0.15, 0.2) is 0 Å². The maximum Gasteiger partial charge on any atom is 0.0562 e. The summed E-state index contributed by atoms with van der Waals surface area (Å²) in [6, 6.07) is 8.28. The van der Waals surface area contributed by atoms with Gasteiger partial charge in [0.25, 0.3) is 0 Å². The second-order valence-corrected chi connectivity index (χ2v) is 5.23. The van der Waals surface area contributed by atoms with Gasteiger partial charge in [0.2, 0.25) is 0 Å². The number of nitrogens with two attached hydrogens (primary N) is 1. The first-order valence-corrected chi connectivity index (χ1v) is 6.46. The quantitative estimate of drug-likeness (QED) is 0.889. The summed E-state index contributed by atoms with van der Waals surface area (Å²) in [4.78, 5) is 0. The molecule has 0 fully saturated rings. The fourth-order valence-electron chi connectivity index (χ4n) is 1.58. The summed E-state index contributed by atoms with van der Waals surface area (Å²) in [5.41, 5.74) is 9.81. The van der Waals surface area contributed by atoms with Gasteiger partial charge >= 0.3 is 0 Å².